The van der Waals surface area contributed by atoms with E-state index in [1.807, 2.05) is 7.05 Å². The maximum Gasteiger partial charge on any atom is 0.273 e. The zero-order chi connectivity index (χ0) is 15.6. The number of H-pyrrole nitrogens is 1. The van der Waals surface area contributed by atoms with E-state index in [9.17, 15) is 14.9 Å². The third kappa shape index (κ3) is 3.08. The van der Waals surface area contributed by atoms with E-state index >= 15 is 0 Å². The van der Waals surface area contributed by atoms with Crippen LogP contribution in [0.2, 0.25) is 0 Å². The molecule has 0 aliphatic carbocycles. The smallest absolute Gasteiger partial charge is 0.273 e. The Hall–Kier alpha value is -2.28. The van der Waals surface area contributed by atoms with E-state index in [1.165, 1.54) is 12.4 Å². The van der Waals surface area contributed by atoms with Gasteiger partial charge in [-0.1, -0.05) is 13.8 Å². The summed E-state index contributed by atoms with van der Waals surface area (Å²) in [5, 5.41) is 14.7. The van der Waals surface area contributed by atoms with Gasteiger partial charge in [0.25, 0.3) is 11.2 Å². The van der Waals surface area contributed by atoms with Gasteiger partial charge in [-0.05, 0) is 25.5 Å². The van der Waals surface area contributed by atoms with Gasteiger partial charge in [-0.3, -0.25) is 14.9 Å². The van der Waals surface area contributed by atoms with Crippen molar-refractivity contribution >= 4 is 16.6 Å². The van der Waals surface area contributed by atoms with Crippen LogP contribution in [0.3, 0.4) is 0 Å². The first-order valence-electron chi connectivity index (χ1n) is 6.76. The first kappa shape index (κ1) is 15.1. The van der Waals surface area contributed by atoms with Crippen molar-refractivity contribution in [1.29, 1.82) is 0 Å². The number of hydrogen-bond donors (Lipinski definition) is 2. The molecule has 1 unspecified atom stereocenters. The number of aromatic nitrogens is 2. The molecule has 0 aliphatic heterocycles. The number of fused-ring (bicyclic) bond motifs is 1. The number of aromatic amines is 1. The molecule has 0 amide bonds. The molecule has 7 nitrogen and oxygen atoms in total. The minimum absolute atomic E-state index is 0.0399. The lowest BCUT2D eigenvalue weighted by Crippen LogP contribution is -2.33. The highest BCUT2D eigenvalue weighted by molar-refractivity contribution is 5.81. The van der Waals surface area contributed by atoms with Crippen molar-refractivity contribution in [3.8, 4) is 0 Å². The van der Waals surface area contributed by atoms with Gasteiger partial charge in [0.2, 0.25) is 0 Å². The van der Waals surface area contributed by atoms with Crippen LogP contribution in [0.1, 0.15) is 19.4 Å². The molecule has 2 aromatic rings. The molecule has 21 heavy (non-hydrogen) atoms. The normalized spacial score (nSPS) is 12.8. The second-order valence-electron chi connectivity index (χ2n) is 5.33. The zero-order valence-corrected chi connectivity index (χ0v) is 12.2. The van der Waals surface area contributed by atoms with Crippen molar-refractivity contribution in [3.05, 3.63) is 44.5 Å². The van der Waals surface area contributed by atoms with Crippen molar-refractivity contribution in [1.82, 2.24) is 15.3 Å². The van der Waals surface area contributed by atoms with Crippen molar-refractivity contribution in [2.24, 2.45) is 5.92 Å². The van der Waals surface area contributed by atoms with Crippen LogP contribution in [0, 0.1) is 16.0 Å². The average molecular weight is 290 g/mol. The molecule has 0 fully saturated rings. The Morgan fingerprint density at radius 1 is 1.43 bits per heavy atom. The van der Waals surface area contributed by atoms with E-state index in [0.29, 0.717) is 23.4 Å². The highest BCUT2D eigenvalue weighted by atomic mass is 16.6. The molecular weight excluding hydrogens is 272 g/mol. The summed E-state index contributed by atoms with van der Waals surface area (Å²) in [6.45, 7) is 4.11. The molecule has 112 valence electrons. The Bertz CT molecular complexity index is 724. The lowest BCUT2D eigenvalue weighted by atomic mass is 9.95. The maximum atomic E-state index is 11.7. The van der Waals surface area contributed by atoms with Crippen LogP contribution in [0.5, 0.6) is 0 Å². The van der Waals surface area contributed by atoms with Gasteiger partial charge >= 0.3 is 0 Å². The largest absolute Gasteiger partial charge is 0.316 e. The van der Waals surface area contributed by atoms with Gasteiger partial charge in [0, 0.05) is 17.7 Å². The third-order valence-corrected chi connectivity index (χ3v) is 3.65. The Morgan fingerprint density at radius 2 is 2.14 bits per heavy atom. The summed E-state index contributed by atoms with van der Waals surface area (Å²) in [7, 11) is 1.83. The number of likely N-dealkylation sites (N-methyl/N-ethyl adjacent to an activating group) is 1. The summed E-state index contributed by atoms with van der Waals surface area (Å²) in [6, 6.07) is 3.06. The second kappa shape index (κ2) is 6.01. The molecule has 0 spiro atoms. The summed E-state index contributed by atoms with van der Waals surface area (Å²) >= 11 is 0. The SMILES string of the molecule is CNC(Cc1cc2nc[nH]c(=O)c2cc1[N+](=O)[O-])C(C)C. The number of nitro groups is 1. The fourth-order valence-corrected chi connectivity index (χ4v) is 2.39. The monoisotopic (exact) mass is 290 g/mol. The first-order valence-corrected chi connectivity index (χ1v) is 6.76. The highest BCUT2D eigenvalue weighted by Gasteiger charge is 2.21. The lowest BCUT2D eigenvalue weighted by Gasteiger charge is -2.20. The van der Waals surface area contributed by atoms with Crippen LogP contribution in [0.4, 0.5) is 5.69 Å². The first-order chi connectivity index (χ1) is 9.93. The quantitative estimate of drug-likeness (QED) is 0.643. The van der Waals surface area contributed by atoms with Gasteiger partial charge in [0.15, 0.2) is 0 Å². The van der Waals surface area contributed by atoms with Gasteiger partial charge in [-0.15, -0.1) is 0 Å². The lowest BCUT2D eigenvalue weighted by molar-refractivity contribution is -0.385. The Labute approximate surface area is 121 Å². The summed E-state index contributed by atoms with van der Waals surface area (Å²) in [5.41, 5.74) is 0.641. The molecule has 2 N–H and O–H groups in total. The number of nitro benzene ring substituents is 1. The van der Waals surface area contributed by atoms with Crippen LogP contribution in [-0.2, 0) is 6.42 Å². The minimum Gasteiger partial charge on any atom is -0.316 e. The molecule has 0 saturated carbocycles. The fourth-order valence-electron chi connectivity index (χ4n) is 2.39. The van der Waals surface area contributed by atoms with Crippen molar-refractivity contribution < 1.29 is 4.92 Å². The second-order valence-corrected chi connectivity index (χ2v) is 5.33. The molecule has 1 aromatic carbocycles. The average Bonchev–Trinajstić information content (AvgIpc) is 2.43. The molecular formula is C14H18N4O3. The van der Waals surface area contributed by atoms with Crippen LogP contribution < -0.4 is 10.9 Å². The van der Waals surface area contributed by atoms with E-state index in [0.717, 1.165) is 0 Å². The van der Waals surface area contributed by atoms with Crippen molar-refractivity contribution in [2.75, 3.05) is 7.05 Å². The van der Waals surface area contributed by atoms with E-state index in [4.69, 9.17) is 0 Å². The minimum atomic E-state index is -0.450. The molecule has 1 heterocycles. The van der Waals surface area contributed by atoms with Crippen molar-refractivity contribution in [3.63, 3.8) is 0 Å². The zero-order valence-electron chi connectivity index (χ0n) is 12.2. The summed E-state index contributed by atoms with van der Waals surface area (Å²) < 4.78 is 0. The third-order valence-electron chi connectivity index (χ3n) is 3.65. The predicted octanol–water partition coefficient (Wildman–Crippen LogP) is 1.62. The fraction of sp³-hybridized carbons (Fsp3) is 0.429. The van der Waals surface area contributed by atoms with Gasteiger partial charge in [-0.2, -0.15) is 0 Å². The molecule has 7 heteroatoms. The predicted molar refractivity (Wildman–Crippen MR) is 80.4 cm³/mol. The van der Waals surface area contributed by atoms with Gasteiger partial charge < -0.3 is 10.3 Å². The Morgan fingerprint density at radius 3 is 2.71 bits per heavy atom. The molecule has 1 aromatic heterocycles. The highest BCUT2D eigenvalue weighted by Crippen LogP contribution is 2.25. The summed E-state index contributed by atoms with van der Waals surface area (Å²) in [4.78, 5) is 29.1. The van der Waals surface area contributed by atoms with E-state index in [1.54, 1.807) is 6.07 Å². The number of nitrogens with one attached hydrogen (secondary N) is 2. The standard InChI is InChI=1S/C14H18N4O3/c1-8(2)11(15-3)4-9-5-12-10(6-13(9)18(20)21)14(19)17-7-16-12/h5-8,11,15H,4H2,1-3H3,(H,16,17,19). The van der Waals surface area contributed by atoms with Crippen LogP contribution in [0.25, 0.3) is 10.9 Å². The number of hydrogen-bond acceptors (Lipinski definition) is 5. The van der Waals surface area contributed by atoms with Gasteiger partial charge in [-0.25, -0.2) is 4.98 Å². The van der Waals surface area contributed by atoms with Crippen molar-refractivity contribution in [2.45, 2.75) is 26.3 Å². The van der Waals surface area contributed by atoms with E-state index < -0.39 is 4.92 Å². The Balaban J connectivity index is 2.58. The molecule has 0 aliphatic rings. The van der Waals surface area contributed by atoms with Crippen LogP contribution in [0.15, 0.2) is 23.3 Å². The topological polar surface area (TPSA) is 101 Å². The van der Waals surface area contributed by atoms with Crippen LogP contribution >= 0.6 is 0 Å². The molecule has 1 atom stereocenters. The molecule has 0 bridgehead atoms. The summed E-state index contributed by atoms with van der Waals surface area (Å²) in [6.07, 6.45) is 1.81. The van der Waals surface area contributed by atoms with Gasteiger partial charge in [0.1, 0.15) is 0 Å². The Kier molecular flexibility index (Phi) is 4.32. The van der Waals surface area contributed by atoms with E-state index in [2.05, 4.69) is 29.1 Å². The van der Waals surface area contributed by atoms with Gasteiger partial charge in [0.05, 0.1) is 22.2 Å². The summed E-state index contributed by atoms with van der Waals surface area (Å²) in [5.74, 6) is 0.331. The number of rotatable bonds is 5. The number of nitrogens with zero attached hydrogens (tertiary/aromatic N) is 2. The maximum absolute atomic E-state index is 11.7. The number of benzene rings is 1. The van der Waals surface area contributed by atoms with E-state index in [-0.39, 0.29) is 22.7 Å². The molecule has 0 saturated heterocycles. The molecule has 2 rings (SSSR count). The molecule has 0 radical (unpaired) electrons. The van der Waals surface area contributed by atoms with Crippen LogP contribution in [-0.4, -0.2) is 28.0 Å².